The van der Waals surface area contributed by atoms with Gasteiger partial charge in [0.1, 0.15) is 11.5 Å². The van der Waals surface area contributed by atoms with E-state index in [1.54, 1.807) is 56.7 Å². The van der Waals surface area contributed by atoms with Crippen LogP contribution in [0.1, 0.15) is 10.4 Å². The molecule has 0 aromatic heterocycles. The van der Waals surface area contributed by atoms with Crippen molar-refractivity contribution in [2.45, 2.75) is 0 Å². The number of hydrogen-bond acceptors (Lipinski definition) is 4. The van der Waals surface area contributed by atoms with Crippen LogP contribution in [0.25, 0.3) is 0 Å². The van der Waals surface area contributed by atoms with Gasteiger partial charge in [-0.05, 0) is 48.6 Å². The van der Waals surface area contributed by atoms with E-state index in [1.807, 2.05) is 0 Å². The van der Waals surface area contributed by atoms with E-state index >= 15 is 0 Å². The van der Waals surface area contributed by atoms with Gasteiger partial charge in [0, 0.05) is 16.7 Å². The molecule has 2 rings (SSSR count). The molecule has 120 valence electrons. The van der Waals surface area contributed by atoms with Gasteiger partial charge in [-0.2, -0.15) is 0 Å². The zero-order valence-corrected chi connectivity index (χ0v) is 14.1. The van der Waals surface area contributed by atoms with Crippen LogP contribution in [0.5, 0.6) is 11.5 Å². The van der Waals surface area contributed by atoms with Crippen molar-refractivity contribution < 1.29 is 14.3 Å². The number of amides is 1. The molecule has 0 aliphatic carbocycles. The third-order valence-electron chi connectivity index (χ3n) is 2.99. The molecule has 0 radical (unpaired) electrons. The second-order valence-electron chi connectivity index (χ2n) is 4.48. The molecule has 2 aromatic rings. The zero-order chi connectivity index (χ0) is 16.8. The minimum atomic E-state index is -0.332. The number of methoxy groups -OCH3 is 2. The number of halogens is 1. The monoisotopic (exact) mass is 350 g/mol. The van der Waals surface area contributed by atoms with E-state index in [0.717, 1.165) is 0 Å². The Morgan fingerprint density at radius 1 is 1.09 bits per heavy atom. The van der Waals surface area contributed by atoms with Gasteiger partial charge in [-0.1, -0.05) is 11.6 Å². The number of carbonyl (C=O) groups excluding carboxylic acids is 1. The number of benzene rings is 2. The Hall–Kier alpha value is -2.31. The molecule has 1 amide bonds. The summed E-state index contributed by atoms with van der Waals surface area (Å²) in [6.07, 6.45) is 0. The molecule has 0 unspecified atom stereocenters. The maximum Gasteiger partial charge on any atom is 0.257 e. The highest BCUT2D eigenvalue weighted by molar-refractivity contribution is 7.80. The maximum absolute atomic E-state index is 12.1. The highest BCUT2D eigenvalue weighted by Gasteiger charge is 2.10. The first kappa shape index (κ1) is 17.1. The molecule has 5 nitrogen and oxygen atoms in total. The second-order valence-corrected chi connectivity index (χ2v) is 5.33. The van der Waals surface area contributed by atoms with Crippen molar-refractivity contribution in [3.63, 3.8) is 0 Å². The van der Waals surface area contributed by atoms with Crippen LogP contribution in [0, 0.1) is 0 Å². The number of thiocarbonyl (C=S) groups is 1. The summed E-state index contributed by atoms with van der Waals surface area (Å²) in [6.45, 7) is 0. The quantitative estimate of drug-likeness (QED) is 0.827. The average molecular weight is 351 g/mol. The van der Waals surface area contributed by atoms with E-state index in [0.29, 0.717) is 27.8 Å². The fraction of sp³-hybridized carbons (Fsp3) is 0.125. The normalized spacial score (nSPS) is 9.87. The topological polar surface area (TPSA) is 59.6 Å². The van der Waals surface area contributed by atoms with E-state index in [1.165, 1.54) is 0 Å². The third kappa shape index (κ3) is 4.58. The molecule has 2 N–H and O–H groups in total. The van der Waals surface area contributed by atoms with Crippen LogP contribution in [-0.4, -0.2) is 25.2 Å². The fourth-order valence-electron chi connectivity index (χ4n) is 1.84. The van der Waals surface area contributed by atoms with Crippen LogP contribution in [0.15, 0.2) is 42.5 Å². The molecule has 7 heteroatoms. The molecule has 0 aliphatic rings. The van der Waals surface area contributed by atoms with Crippen molar-refractivity contribution in [3.05, 3.63) is 53.1 Å². The summed E-state index contributed by atoms with van der Waals surface area (Å²) in [6, 6.07) is 11.7. The predicted octanol–water partition coefficient (Wildman–Crippen LogP) is 3.48. The van der Waals surface area contributed by atoms with Gasteiger partial charge in [-0.25, -0.2) is 0 Å². The Labute approximate surface area is 144 Å². The summed E-state index contributed by atoms with van der Waals surface area (Å²) in [4.78, 5) is 12.1. The van der Waals surface area contributed by atoms with Gasteiger partial charge in [0.05, 0.1) is 19.9 Å². The summed E-state index contributed by atoms with van der Waals surface area (Å²) in [5.41, 5.74) is 1.05. The number of anilines is 1. The van der Waals surface area contributed by atoms with Gasteiger partial charge in [0.25, 0.3) is 5.91 Å². The lowest BCUT2D eigenvalue weighted by Gasteiger charge is -2.14. The summed E-state index contributed by atoms with van der Waals surface area (Å²) in [7, 11) is 3.11. The van der Waals surface area contributed by atoms with Crippen molar-refractivity contribution in [1.29, 1.82) is 0 Å². The van der Waals surface area contributed by atoms with Crippen molar-refractivity contribution in [2.75, 3.05) is 19.5 Å². The van der Waals surface area contributed by atoms with Crippen molar-refractivity contribution in [1.82, 2.24) is 5.32 Å². The lowest BCUT2D eigenvalue weighted by Crippen LogP contribution is -2.34. The average Bonchev–Trinajstić information content (AvgIpc) is 2.55. The maximum atomic E-state index is 12.1. The molecule has 0 atom stereocenters. The summed E-state index contributed by atoms with van der Waals surface area (Å²) < 4.78 is 10.4. The number of rotatable bonds is 4. The Balaban J connectivity index is 2.07. The highest BCUT2D eigenvalue weighted by Crippen LogP contribution is 2.28. The van der Waals surface area contributed by atoms with Gasteiger partial charge in [0.15, 0.2) is 5.11 Å². The van der Waals surface area contributed by atoms with E-state index in [4.69, 9.17) is 33.3 Å². The number of carbonyl (C=O) groups is 1. The van der Waals surface area contributed by atoms with Crippen LogP contribution in [-0.2, 0) is 0 Å². The molecule has 2 aromatic carbocycles. The molecule has 0 bridgehead atoms. The molecule has 0 fully saturated rings. The lowest BCUT2D eigenvalue weighted by molar-refractivity contribution is 0.0977. The SMILES string of the molecule is COc1ccc(OC)c(NC(=S)NC(=O)c2ccc(Cl)cc2)c1. The smallest absolute Gasteiger partial charge is 0.257 e. The van der Waals surface area contributed by atoms with Crippen LogP contribution < -0.4 is 20.1 Å². The van der Waals surface area contributed by atoms with Crippen LogP contribution in [0.2, 0.25) is 5.02 Å². The Kier molecular flexibility index (Phi) is 5.78. The molecule has 0 saturated carbocycles. The van der Waals surface area contributed by atoms with Gasteiger partial charge >= 0.3 is 0 Å². The van der Waals surface area contributed by atoms with Crippen LogP contribution in [0.3, 0.4) is 0 Å². The van der Waals surface area contributed by atoms with Crippen molar-refractivity contribution in [2.24, 2.45) is 0 Å². The molecule has 0 spiro atoms. The van der Waals surface area contributed by atoms with Gasteiger partial charge in [0.2, 0.25) is 0 Å². The molecule has 23 heavy (non-hydrogen) atoms. The van der Waals surface area contributed by atoms with E-state index in [2.05, 4.69) is 10.6 Å². The molecule has 0 saturated heterocycles. The Morgan fingerprint density at radius 2 is 1.78 bits per heavy atom. The highest BCUT2D eigenvalue weighted by atomic mass is 35.5. The third-order valence-corrected chi connectivity index (χ3v) is 3.44. The summed E-state index contributed by atoms with van der Waals surface area (Å²) in [5.74, 6) is 0.884. The largest absolute Gasteiger partial charge is 0.497 e. The molecular weight excluding hydrogens is 336 g/mol. The molecule has 0 heterocycles. The number of ether oxygens (including phenoxy) is 2. The first-order chi connectivity index (χ1) is 11.0. The minimum absolute atomic E-state index is 0.150. The second kappa shape index (κ2) is 7.80. The van der Waals surface area contributed by atoms with Gasteiger partial charge in [-0.3, -0.25) is 10.1 Å². The first-order valence-corrected chi connectivity index (χ1v) is 7.42. The number of hydrogen-bond donors (Lipinski definition) is 2. The number of nitrogens with one attached hydrogen (secondary N) is 2. The van der Waals surface area contributed by atoms with Gasteiger partial charge < -0.3 is 14.8 Å². The molecule has 0 aliphatic heterocycles. The summed E-state index contributed by atoms with van der Waals surface area (Å²) in [5, 5.41) is 6.22. The standard InChI is InChI=1S/C16H15ClN2O3S/c1-21-12-7-8-14(22-2)13(9-12)18-16(23)19-15(20)10-3-5-11(17)6-4-10/h3-9H,1-2H3,(H2,18,19,20,23). The predicted molar refractivity (Wildman–Crippen MR) is 94.7 cm³/mol. The lowest BCUT2D eigenvalue weighted by atomic mass is 10.2. The zero-order valence-electron chi connectivity index (χ0n) is 12.6. The van der Waals surface area contributed by atoms with Crippen molar-refractivity contribution >= 4 is 40.5 Å². The Morgan fingerprint density at radius 3 is 2.39 bits per heavy atom. The van der Waals surface area contributed by atoms with Crippen LogP contribution in [0.4, 0.5) is 5.69 Å². The summed E-state index contributed by atoms with van der Waals surface area (Å²) >= 11 is 11.0. The van der Waals surface area contributed by atoms with Gasteiger partial charge in [-0.15, -0.1) is 0 Å². The van der Waals surface area contributed by atoms with E-state index < -0.39 is 0 Å². The fourth-order valence-corrected chi connectivity index (χ4v) is 2.17. The molecular formula is C16H15ClN2O3S. The van der Waals surface area contributed by atoms with E-state index in [-0.39, 0.29) is 11.0 Å². The minimum Gasteiger partial charge on any atom is -0.497 e. The first-order valence-electron chi connectivity index (χ1n) is 6.63. The Bertz CT molecular complexity index is 720. The van der Waals surface area contributed by atoms with Crippen LogP contribution >= 0.6 is 23.8 Å². The van der Waals surface area contributed by atoms with E-state index in [9.17, 15) is 4.79 Å². The van der Waals surface area contributed by atoms with Crippen molar-refractivity contribution in [3.8, 4) is 11.5 Å².